The van der Waals surface area contributed by atoms with Gasteiger partial charge in [0.25, 0.3) is 0 Å². The second kappa shape index (κ2) is 4.54. The van der Waals surface area contributed by atoms with E-state index >= 15 is 0 Å². The number of phenolic OH excluding ortho intramolecular Hbond substituents is 1. The molecule has 2 bridgehead atoms. The van der Waals surface area contributed by atoms with Crippen LogP contribution in [0.25, 0.3) is 0 Å². The van der Waals surface area contributed by atoms with Crippen molar-refractivity contribution in [2.75, 3.05) is 13.6 Å². The van der Waals surface area contributed by atoms with Crippen molar-refractivity contribution in [3.63, 3.8) is 0 Å². The van der Waals surface area contributed by atoms with Gasteiger partial charge in [0.05, 0.1) is 0 Å². The van der Waals surface area contributed by atoms with Crippen LogP contribution in [0.15, 0.2) is 24.3 Å². The van der Waals surface area contributed by atoms with Gasteiger partial charge in [0.2, 0.25) is 0 Å². The summed E-state index contributed by atoms with van der Waals surface area (Å²) >= 11 is 0. The van der Waals surface area contributed by atoms with E-state index in [-0.39, 0.29) is 23.2 Å². The molecule has 24 heavy (non-hydrogen) atoms. The molecule has 0 radical (unpaired) electrons. The number of esters is 1. The van der Waals surface area contributed by atoms with E-state index in [0.717, 1.165) is 24.9 Å². The van der Waals surface area contributed by atoms with Crippen LogP contribution in [-0.2, 0) is 21.4 Å². The number of carbonyl (C=O) groups is 1. The Kier molecular flexibility index (Phi) is 2.71. The number of hydrogen-bond donors (Lipinski definition) is 1. The molecule has 2 heterocycles. The molecule has 1 aromatic carbocycles. The van der Waals surface area contributed by atoms with Crippen molar-refractivity contribution in [1.29, 1.82) is 0 Å². The lowest BCUT2D eigenvalue weighted by Crippen LogP contribution is -2.65. The molecule has 0 aromatic heterocycles. The number of ether oxygens (including phenoxy) is 2. The monoisotopic (exact) mass is 327 g/mol. The highest BCUT2D eigenvalue weighted by molar-refractivity contribution is 5.67. The third-order valence-corrected chi connectivity index (χ3v) is 6.43. The number of likely N-dealkylation sites (N-methyl/N-ethyl adjacent to an activating group) is 1. The molecule has 2 aliphatic heterocycles. The highest BCUT2D eigenvalue weighted by atomic mass is 16.6. The molecule has 5 heteroatoms. The van der Waals surface area contributed by atoms with Gasteiger partial charge in [0, 0.05) is 29.9 Å². The van der Waals surface area contributed by atoms with E-state index in [4.69, 9.17) is 9.47 Å². The minimum absolute atomic E-state index is 0.190. The van der Waals surface area contributed by atoms with Gasteiger partial charge < -0.3 is 19.5 Å². The lowest BCUT2D eigenvalue weighted by atomic mass is 9.53. The van der Waals surface area contributed by atoms with Gasteiger partial charge >= 0.3 is 5.97 Å². The molecule has 0 amide bonds. The number of aromatic hydroxyl groups is 1. The van der Waals surface area contributed by atoms with Crippen molar-refractivity contribution in [3.8, 4) is 11.5 Å². The third-order valence-electron chi connectivity index (χ3n) is 6.43. The number of benzene rings is 1. The second-order valence-corrected chi connectivity index (χ2v) is 7.51. The average Bonchev–Trinajstić information content (AvgIpc) is 2.89. The summed E-state index contributed by atoms with van der Waals surface area (Å²) in [5.41, 5.74) is 2.21. The maximum absolute atomic E-state index is 11.6. The number of likely N-dealkylation sites (tertiary alicyclic amines) is 1. The topological polar surface area (TPSA) is 59.0 Å². The van der Waals surface area contributed by atoms with Crippen molar-refractivity contribution in [2.45, 2.75) is 43.4 Å². The summed E-state index contributed by atoms with van der Waals surface area (Å²) in [5, 5.41) is 10.4. The van der Waals surface area contributed by atoms with Gasteiger partial charge in [0.1, 0.15) is 6.10 Å². The zero-order chi connectivity index (χ0) is 16.6. The lowest BCUT2D eigenvalue weighted by Gasteiger charge is -2.56. The minimum Gasteiger partial charge on any atom is -0.504 e. The molecule has 0 unspecified atom stereocenters. The maximum Gasteiger partial charge on any atom is 0.303 e. The predicted octanol–water partition coefficient (Wildman–Crippen LogP) is 1.77. The molecular formula is C19H21NO4. The minimum atomic E-state index is -0.402. The van der Waals surface area contributed by atoms with Gasteiger partial charge in [0.15, 0.2) is 17.6 Å². The highest BCUT2D eigenvalue weighted by Gasteiger charge is 2.64. The van der Waals surface area contributed by atoms with Crippen LogP contribution < -0.4 is 4.74 Å². The largest absolute Gasteiger partial charge is 0.504 e. The van der Waals surface area contributed by atoms with E-state index < -0.39 is 6.10 Å². The molecule has 1 saturated heterocycles. The van der Waals surface area contributed by atoms with Crippen molar-refractivity contribution in [2.24, 2.45) is 5.92 Å². The second-order valence-electron chi connectivity index (χ2n) is 7.51. The summed E-state index contributed by atoms with van der Waals surface area (Å²) in [5.74, 6) is 0.814. The van der Waals surface area contributed by atoms with Crippen LogP contribution >= 0.6 is 0 Å². The number of phenols is 1. The first-order chi connectivity index (χ1) is 11.5. The SMILES string of the molecule is CC(=O)O[C@@H]1C=C[C@H]2[C@H]3Cc4ccc(O)c5c4[C@@]2(CCN3C)[C@@H]1O5. The van der Waals surface area contributed by atoms with Crippen LogP contribution in [0.1, 0.15) is 24.5 Å². The first-order valence-corrected chi connectivity index (χ1v) is 8.60. The Morgan fingerprint density at radius 3 is 3.04 bits per heavy atom. The Labute approximate surface area is 140 Å². The van der Waals surface area contributed by atoms with Gasteiger partial charge in [-0.1, -0.05) is 12.1 Å². The van der Waals surface area contributed by atoms with Crippen LogP contribution in [0.2, 0.25) is 0 Å². The lowest BCUT2D eigenvalue weighted by molar-refractivity contribution is -0.152. The van der Waals surface area contributed by atoms with Gasteiger partial charge in [-0.2, -0.15) is 0 Å². The van der Waals surface area contributed by atoms with Crippen LogP contribution in [0.5, 0.6) is 11.5 Å². The quantitative estimate of drug-likeness (QED) is 0.629. The molecule has 1 fully saturated rings. The van der Waals surface area contributed by atoms with Crippen molar-refractivity contribution in [1.82, 2.24) is 4.90 Å². The van der Waals surface area contributed by atoms with Crippen LogP contribution in [0.3, 0.4) is 0 Å². The maximum atomic E-state index is 11.6. The van der Waals surface area contributed by atoms with E-state index in [1.807, 2.05) is 12.1 Å². The molecule has 5 atom stereocenters. The van der Waals surface area contributed by atoms with E-state index in [1.54, 1.807) is 6.07 Å². The Bertz CT molecular complexity index is 773. The number of rotatable bonds is 1. The van der Waals surface area contributed by atoms with Crippen LogP contribution in [0, 0.1) is 5.92 Å². The Morgan fingerprint density at radius 1 is 1.42 bits per heavy atom. The number of piperidine rings is 1. The smallest absolute Gasteiger partial charge is 0.303 e. The predicted molar refractivity (Wildman–Crippen MR) is 87.1 cm³/mol. The summed E-state index contributed by atoms with van der Waals surface area (Å²) < 4.78 is 11.8. The molecule has 4 aliphatic rings. The van der Waals surface area contributed by atoms with Crippen LogP contribution in [-0.4, -0.2) is 47.8 Å². The van der Waals surface area contributed by atoms with Gasteiger partial charge in [-0.25, -0.2) is 0 Å². The zero-order valence-electron chi connectivity index (χ0n) is 13.9. The fourth-order valence-electron chi connectivity index (χ4n) is 5.51. The highest BCUT2D eigenvalue weighted by Crippen LogP contribution is 2.62. The number of nitrogens with zero attached hydrogens (tertiary/aromatic N) is 1. The number of hydrogen-bond acceptors (Lipinski definition) is 5. The summed E-state index contributed by atoms with van der Waals surface area (Å²) in [6.07, 6.45) is 5.45. The van der Waals surface area contributed by atoms with Crippen molar-refractivity contribution in [3.05, 3.63) is 35.4 Å². The molecule has 2 aliphatic carbocycles. The summed E-state index contributed by atoms with van der Waals surface area (Å²) in [7, 11) is 2.18. The average molecular weight is 327 g/mol. The fourth-order valence-corrected chi connectivity index (χ4v) is 5.51. The first-order valence-electron chi connectivity index (χ1n) is 8.60. The summed E-state index contributed by atoms with van der Waals surface area (Å²) in [6.45, 7) is 2.41. The van der Waals surface area contributed by atoms with Gasteiger partial charge in [-0.15, -0.1) is 0 Å². The van der Waals surface area contributed by atoms with Gasteiger partial charge in [-0.05, 0) is 44.1 Å². The molecule has 5 nitrogen and oxygen atoms in total. The van der Waals surface area contributed by atoms with E-state index in [2.05, 4.69) is 18.0 Å². The van der Waals surface area contributed by atoms with E-state index in [9.17, 15) is 9.90 Å². The van der Waals surface area contributed by atoms with Crippen molar-refractivity contribution < 1.29 is 19.4 Å². The zero-order valence-corrected chi connectivity index (χ0v) is 13.9. The molecule has 126 valence electrons. The summed E-state index contributed by atoms with van der Waals surface area (Å²) in [6, 6.07) is 4.18. The van der Waals surface area contributed by atoms with E-state index in [1.165, 1.54) is 12.5 Å². The molecule has 5 rings (SSSR count). The molecule has 1 aromatic rings. The van der Waals surface area contributed by atoms with Crippen LogP contribution in [0.4, 0.5) is 0 Å². The molecular weight excluding hydrogens is 306 g/mol. The van der Waals surface area contributed by atoms with Crippen molar-refractivity contribution >= 4 is 5.97 Å². The first kappa shape index (κ1) is 14.3. The van der Waals surface area contributed by atoms with E-state index in [0.29, 0.717) is 17.7 Å². The Balaban J connectivity index is 1.74. The Hall–Kier alpha value is -2.01. The fraction of sp³-hybridized carbons (Fsp3) is 0.526. The standard InChI is InChI=1S/C19H21NO4/c1-10(21)23-15-6-4-12-13-9-11-3-5-14(22)17-16(11)19(12,18(15)24-17)7-8-20(13)2/h3-6,12-13,15,18,22H,7-9H2,1-2H3/t12-,13+,15+,18+,19-/m0/s1. The summed E-state index contributed by atoms with van der Waals surface area (Å²) in [4.78, 5) is 14.0. The Morgan fingerprint density at radius 2 is 2.25 bits per heavy atom. The normalized spacial score (nSPS) is 38.4. The molecule has 1 spiro atoms. The third kappa shape index (κ3) is 1.56. The number of carbonyl (C=O) groups excluding carboxylic acids is 1. The molecule has 0 saturated carbocycles. The molecule has 1 N–H and O–H groups in total. The van der Waals surface area contributed by atoms with Gasteiger partial charge in [-0.3, -0.25) is 4.79 Å².